The molecule has 0 bridgehead atoms. The highest BCUT2D eigenvalue weighted by Gasteiger charge is 2.28. The number of carbonyl (C=O) groups is 1. The molecule has 2 rings (SSSR count). The molecule has 0 spiro atoms. The maximum Gasteiger partial charge on any atom is 0.253 e. The Balaban J connectivity index is 2.00. The van der Waals surface area contributed by atoms with Gasteiger partial charge in [-0.2, -0.15) is 0 Å². The molecule has 1 N–H and O–H groups in total. The van der Waals surface area contributed by atoms with Gasteiger partial charge in [0.05, 0.1) is 11.8 Å². The second kappa shape index (κ2) is 4.80. The van der Waals surface area contributed by atoms with Crippen LogP contribution in [0, 0.1) is 0 Å². The fourth-order valence-corrected chi connectivity index (χ4v) is 1.85. The van der Waals surface area contributed by atoms with Gasteiger partial charge in [-0.15, -0.1) is 0 Å². The molecule has 2 heterocycles. The number of rotatable bonds is 2. The third kappa shape index (κ3) is 2.51. The van der Waals surface area contributed by atoms with Crippen molar-refractivity contribution in [2.75, 3.05) is 5.32 Å². The van der Waals surface area contributed by atoms with Crippen molar-refractivity contribution in [1.29, 1.82) is 0 Å². The minimum atomic E-state index is -0.369. The quantitative estimate of drug-likeness (QED) is 0.807. The van der Waals surface area contributed by atoms with Gasteiger partial charge >= 0.3 is 0 Å². The highest BCUT2D eigenvalue weighted by Crippen LogP contribution is 2.22. The SMILES string of the molecule is CC1CCC(C(=O)Nc2cccnc2Cl)O1. The molecule has 1 aliphatic heterocycles. The van der Waals surface area contributed by atoms with Crippen LogP contribution in [-0.4, -0.2) is 23.1 Å². The molecule has 16 heavy (non-hydrogen) atoms. The smallest absolute Gasteiger partial charge is 0.253 e. The predicted molar refractivity (Wildman–Crippen MR) is 61.4 cm³/mol. The van der Waals surface area contributed by atoms with Gasteiger partial charge in [0.1, 0.15) is 6.10 Å². The summed E-state index contributed by atoms with van der Waals surface area (Å²) >= 11 is 5.84. The minimum Gasteiger partial charge on any atom is -0.365 e. The summed E-state index contributed by atoms with van der Waals surface area (Å²) in [6, 6.07) is 3.44. The molecule has 1 aromatic rings. The molecule has 86 valence electrons. The Kier molecular flexibility index (Phi) is 3.41. The maximum absolute atomic E-state index is 11.8. The predicted octanol–water partition coefficient (Wildman–Crippen LogP) is 2.24. The number of amides is 1. The van der Waals surface area contributed by atoms with Gasteiger partial charge in [0.2, 0.25) is 0 Å². The number of pyridine rings is 1. The lowest BCUT2D eigenvalue weighted by Crippen LogP contribution is -2.27. The standard InChI is InChI=1S/C11H13ClN2O2/c1-7-4-5-9(16-7)11(15)14-8-3-2-6-13-10(8)12/h2-3,6-7,9H,4-5H2,1H3,(H,14,15). The Labute approximate surface area is 99.0 Å². The fourth-order valence-electron chi connectivity index (χ4n) is 1.69. The van der Waals surface area contributed by atoms with E-state index < -0.39 is 0 Å². The zero-order valence-corrected chi connectivity index (χ0v) is 9.70. The van der Waals surface area contributed by atoms with E-state index in [2.05, 4.69) is 10.3 Å². The Bertz CT molecular complexity index is 397. The molecule has 0 radical (unpaired) electrons. The number of halogens is 1. The molecule has 0 aliphatic carbocycles. The summed E-state index contributed by atoms with van der Waals surface area (Å²) in [5, 5.41) is 3.01. The zero-order valence-electron chi connectivity index (χ0n) is 8.94. The minimum absolute atomic E-state index is 0.153. The van der Waals surface area contributed by atoms with E-state index in [9.17, 15) is 4.79 Å². The van der Waals surface area contributed by atoms with Crippen molar-refractivity contribution < 1.29 is 9.53 Å². The summed E-state index contributed by atoms with van der Waals surface area (Å²) in [4.78, 5) is 15.7. The van der Waals surface area contributed by atoms with Crippen molar-refractivity contribution >= 4 is 23.2 Å². The summed E-state index contributed by atoms with van der Waals surface area (Å²) in [7, 11) is 0. The average molecular weight is 241 g/mol. The van der Waals surface area contributed by atoms with Gasteiger partial charge in [-0.1, -0.05) is 11.6 Å². The van der Waals surface area contributed by atoms with Gasteiger partial charge in [-0.25, -0.2) is 4.98 Å². The molecule has 2 unspecified atom stereocenters. The molecule has 1 aliphatic rings. The zero-order chi connectivity index (χ0) is 11.5. The van der Waals surface area contributed by atoms with Crippen LogP contribution in [0.25, 0.3) is 0 Å². The molecule has 1 aromatic heterocycles. The van der Waals surface area contributed by atoms with Crippen LogP contribution in [-0.2, 0) is 9.53 Å². The number of nitrogens with zero attached hydrogens (tertiary/aromatic N) is 1. The van der Waals surface area contributed by atoms with Crippen molar-refractivity contribution in [3.63, 3.8) is 0 Å². The summed E-state index contributed by atoms with van der Waals surface area (Å²) < 4.78 is 5.46. The maximum atomic E-state index is 11.8. The molecular weight excluding hydrogens is 228 g/mol. The number of nitrogens with one attached hydrogen (secondary N) is 1. The number of aromatic nitrogens is 1. The van der Waals surface area contributed by atoms with Crippen LogP contribution in [0.4, 0.5) is 5.69 Å². The van der Waals surface area contributed by atoms with Crippen LogP contribution in [0.2, 0.25) is 5.15 Å². The second-order valence-corrected chi connectivity index (χ2v) is 4.20. The van der Waals surface area contributed by atoms with Crippen LogP contribution >= 0.6 is 11.6 Å². The van der Waals surface area contributed by atoms with Crippen molar-refractivity contribution in [3.8, 4) is 0 Å². The van der Waals surface area contributed by atoms with Crippen LogP contribution in [0.3, 0.4) is 0 Å². The van der Waals surface area contributed by atoms with Crippen molar-refractivity contribution in [1.82, 2.24) is 4.98 Å². The van der Waals surface area contributed by atoms with Gasteiger partial charge in [-0.05, 0) is 31.9 Å². The number of anilines is 1. The largest absolute Gasteiger partial charge is 0.365 e. The Hall–Kier alpha value is -1.13. The Morgan fingerprint density at radius 1 is 1.62 bits per heavy atom. The van der Waals surface area contributed by atoms with Gasteiger partial charge in [0.25, 0.3) is 5.91 Å². The lowest BCUT2D eigenvalue weighted by molar-refractivity contribution is -0.126. The van der Waals surface area contributed by atoms with Gasteiger partial charge < -0.3 is 10.1 Å². The summed E-state index contributed by atoms with van der Waals surface area (Å²) in [5.74, 6) is -0.153. The third-order valence-corrected chi connectivity index (χ3v) is 2.84. The van der Waals surface area contributed by atoms with E-state index >= 15 is 0 Å². The molecule has 4 nitrogen and oxygen atoms in total. The topological polar surface area (TPSA) is 51.2 Å². The van der Waals surface area contributed by atoms with Crippen LogP contribution in [0.15, 0.2) is 18.3 Å². The summed E-state index contributed by atoms with van der Waals surface area (Å²) in [6.45, 7) is 1.96. The molecule has 2 atom stereocenters. The summed E-state index contributed by atoms with van der Waals surface area (Å²) in [6.07, 6.45) is 3.03. The summed E-state index contributed by atoms with van der Waals surface area (Å²) in [5.41, 5.74) is 0.525. The van der Waals surface area contributed by atoms with Gasteiger partial charge in [0.15, 0.2) is 5.15 Å². The highest BCUT2D eigenvalue weighted by atomic mass is 35.5. The average Bonchev–Trinajstić information content (AvgIpc) is 2.68. The molecule has 1 amide bonds. The van der Waals surface area contributed by atoms with Crippen LogP contribution < -0.4 is 5.32 Å². The van der Waals surface area contributed by atoms with E-state index in [-0.39, 0.29) is 18.1 Å². The molecular formula is C11H13ClN2O2. The molecule has 0 aromatic carbocycles. The van der Waals surface area contributed by atoms with Crippen molar-refractivity contribution in [2.45, 2.75) is 32.0 Å². The highest BCUT2D eigenvalue weighted by molar-refractivity contribution is 6.32. The van der Waals surface area contributed by atoms with E-state index in [1.807, 2.05) is 6.92 Å². The molecule has 5 heteroatoms. The Morgan fingerprint density at radius 2 is 2.44 bits per heavy atom. The number of hydrogen-bond acceptors (Lipinski definition) is 3. The van der Waals surface area contributed by atoms with E-state index in [1.54, 1.807) is 18.3 Å². The number of ether oxygens (including phenoxy) is 1. The Morgan fingerprint density at radius 3 is 3.06 bits per heavy atom. The number of carbonyl (C=O) groups excluding carboxylic acids is 1. The third-order valence-electron chi connectivity index (χ3n) is 2.54. The van der Waals surface area contributed by atoms with Gasteiger partial charge in [-0.3, -0.25) is 4.79 Å². The van der Waals surface area contributed by atoms with Crippen molar-refractivity contribution in [3.05, 3.63) is 23.5 Å². The second-order valence-electron chi connectivity index (χ2n) is 3.84. The first-order chi connectivity index (χ1) is 7.66. The fraction of sp³-hybridized carbons (Fsp3) is 0.455. The monoisotopic (exact) mass is 240 g/mol. The first-order valence-corrected chi connectivity index (χ1v) is 5.61. The normalized spacial score (nSPS) is 24.4. The van der Waals surface area contributed by atoms with E-state index in [1.165, 1.54) is 0 Å². The molecule has 1 saturated heterocycles. The van der Waals surface area contributed by atoms with Crippen molar-refractivity contribution in [2.24, 2.45) is 0 Å². The van der Waals surface area contributed by atoms with Gasteiger partial charge in [0, 0.05) is 6.20 Å². The first-order valence-electron chi connectivity index (χ1n) is 5.23. The van der Waals surface area contributed by atoms with Crippen LogP contribution in [0.5, 0.6) is 0 Å². The lowest BCUT2D eigenvalue weighted by atomic mass is 10.2. The molecule has 0 saturated carbocycles. The van der Waals surface area contributed by atoms with E-state index in [0.717, 1.165) is 12.8 Å². The van der Waals surface area contributed by atoms with Crippen LogP contribution in [0.1, 0.15) is 19.8 Å². The number of hydrogen-bond donors (Lipinski definition) is 1. The lowest BCUT2D eigenvalue weighted by Gasteiger charge is -2.11. The molecule has 1 fully saturated rings. The van der Waals surface area contributed by atoms with E-state index in [4.69, 9.17) is 16.3 Å². The van der Waals surface area contributed by atoms with E-state index in [0.29, 0.717) is 10.8 Å². The first kappa shape index (κ1) is 11.4.